The number of hydrogen-bond acceptors (Lipinski definition) is 20. The summed E-state index contributed by atoms with van der Waals surface area (Å²) >= 11 is 0. The Labute approximate surface area is 863 Å². The van der Waals surface area contributed by atoms with Crippen LogP contribution in [-0.4, -0.2) is 140 Å². The molecule has 4 aromatic heterocycles. The third-order valence-corrected chi connectivity index (χ3v) is 26.4. The number of pyridine rings is 4. The number of esters is 3. The normalized spacial score (nSPS) is 12.4. The molecule has 765 valence electrons. The second-order valence-corrected chi connectivity index (χ2v) is 42.1. The monoisotopic (exact) mass is 2070 g/mol. The molecule has 38 heteroatoms. The van der Waals surface area contributed by atoms with E-state index in [-0.39, 0.29) is 108 Å². The Balaban J connectivity index is 0.000000465. The molecule has 0 aliphatic carbocycles. The summed E-state index contributed by atoms with van der Waals surface area (Å²) in [4.78, 5) is 71.1. The maximum Gasteiger partial charge on any atom is 1.00 e. The summed E-state index contributed by atoms with van der Waals surface area (Å²) in [7, 11) is -8.79. The quantitative estimate of drug-likeness (QED) is 0.00691. The number of carboxylic acids is 1. The van der Waals surface area contributed by atoms with Gasteiger partial charge in [-0.1, -0.05) is 109 Å². The van der Waals surface area contributed by atoms with Gasteiger partial charge < -0.3 is 31.8 Å². The molecule has 11 rings (SSSR count). The van der Waals surface area contributed by atoms with Crippen LogP contribution in [0.15, 0.2) is 258 Å². The molecule has 0 spiro atoms. The van der Waals surface area contributed by atoms with Gasteiger partial charge >= 0.3 is 72.0 Å². The number of ketones is 1. The molecule has 0 bridgehead atoms. The van der Waals surface area contributed by atoms with Crippen molar-refractivity contribution in [2.24, 2.45) is 5.73 Å². The fourth-order valence-corrected chi connectivity index (χ4v) is 19.1. The Morgan fingerprint density at radius 2 is 0.713 bits per heavy atom. The number of sulfonamides is 2. The summed E-state index contributed by atoms with van der Waals surface area (Å²) in [6.45, 7) is 32.1. The molecule has 0 aliphatic heterocycles. The van der Waals surface area contributed by atoms with E-state index in [0.29, 0.717) is 43.0 Å². The zero-order valence-corrected chi connectivity index (χ0v) is 88.5. The molecule has 0 fully saturated rings. The molecule has 23 nitrogen and oxygen atoms in total. The average molecular weight is 2070 g/mol. The Kier molecular flexibility index (Phi) is 48.7. The minimum atomic E-state index is -4.88. The summed E-state index contributed by atoms with van der Waals surface area (Å²) in [6.07, 6.45) is 1.47. The van der Waals surface area contributed by atoms with E-state index >= 15 is 0 Å². The van der Waals surface area contributed by atoms with Crippen LogP contribution in [0.25, 0.3) is 44.5 Å². The number of ether oxygens (including phenoxy) is 3. The van der Waals surface area contributed by atoms with Gasteiger partial charge in [0.25, 0.3) is 9.05 Å². The number of aromatic nitrogens is 4. The second kappa shape index (κ2) is 56.0. The van der Waals surface area contributed by atoms with E-state index in [0.717, 1.165) is 126 Å². The Morgan fingerprint density at radius 3 is 1.02 bits per heavy atom. The van der Waals surface area contributed by atoms with Crippen molar-refractivity contribution in [1.82, 2.24) is 33.9 Å². The van der Waals surface area contributed by atoms with Gasteiger partial charge in [-0.3, -0.25) is 43.9 Å². The Hall–Kier alpha value is -10.9. The molecule has 143 heavy (non-hydrogen) atoms. The third-order valence-electron chi connectivity index (χ3n) is 21.0. The molecule has 0 saturated carbocycles. The van der Waals surface area contributed by atoms with Gasteiger partial charge in [-0.15, -0.1) is 0 Å². The first-order valence-electron chi connectivity index (χ1n) is 45.0. The molecule has 0 amide bonds. The van der Waals surface area contributed by atoms with Crippen molar-refractivity contribution in [3.63, 3.8) is 0 Å². The van der Waals surface area contributed by atoms with Gasteiger partial charge in [-0.2, -0.15) is 48.1 Å². The van der Waals surface area contributed by atoms with E-state index in [4.69, 9.17) is 35.7 Å². The SMILES string of the molecule is CC(=O)c1cccc(-c2ccncc2C)c1.CC(C)(C)OC(=O)CCCN.Cc1cnccc1-c1cccc(C(C)N(CCCC(=O)O)S(=O)(=O)c2ccccc2C(F)(F)F)c1.Cc1cnccc1-c1cccc(C(C)N(CCCC(=O)OC(C)(C)C)S(=O)(=O)c2ccccc2C(F)(F)F)c1.Cc1cnccc1-c1cccc(C(C)NCCCC(=O)OC(C)(C)C)c1.O=S(=O)(Cl)c1ccccc1C(F)(F)F.[B].[H-].[Na+]. The van der Waals surface area contributed by atoms with Crippen molar-refractivity contribution in [2.75, 3.05) is 26.2 Å². The predicted octanol–water partition coefficient (Wildman–Crippen LogP) is 21.2. The van der Waals surface area contributed by atoms with E-state index in [1.54, 1.807) is 103 Å². The van der Waals surface area contributed by atoms with Crippen LogP contribution in [0.1, 0.15) is 227 Å². The van der Waals surface area contributed by atoms with Crippen LogP contribution in [0.4, 0.5) is 39.5 Å². The van der Waals surface area contributed by atoms with Crippen molar-refractivity contribution in [3.05, 3.63) is 305 Å². The van der Waals surface area contributed by atoms with Crippen molar-refractivity contribution in [1.29, 1.82) is 0 Å². The zero-order chi connectivity index (χ0) is 105. The van der Waals surface area contributed by atoms with E-state index in [9.17, 15) is 88.7 Å². The van der Waals surface area contributed by atoms with Crippen LogP contribution in [0.5, 0.6) is 0 Å². The third kappa shape index (κ3) is 40.6. The minimum absolute atomic E-state index is 0. The number of nitrogens with zero attached hydrogens (tertiary/aromatic N) is 6. The van der Waals surface area contributed by atoms with Gasteiger partial charge in [0.1, 0.15) is 16.8 Å². The Morgan fingerprint density at radius 1 is 0.420 bits per heavy atom. The van der Waals surface area contributed by atoms with Crippen LogP contribution < -0.4 is 40.6 Å². The van der Waals surface area contributed by atoms with E-state index < -0.39 is 114 Å². The number of halogens is 10. The molecule has 0 saturated heterocycles. The number of carbonyl (C=O) groups excluding carboxylic acids is 4. The molecule has 4 heterocycles. The van der Waals surface area contributed by atoms with Crippen LogP contribution in [-0.2, 0) is 81.0 Å². The molecule has 11 aromatic rings. The van der Waals surface area contributed by atoms with Gasteiger partial charge in [0.2, 0.25) is 20.0 Å². The van der Waals surface area contributed by atoms with Gasteiger partial charge in [0, 0.05) is 131 Å². The van der Waals surface area contributed by atoms with Crippen molar-refractivity contribution in [2.45, 2.75) is 237 Å². The molecule has 7 aromatic carbocycles. The summed E-state index contributed by atoms with van der Waals surface area (Å²) in [5.74, 6) is -1.85. The molecular formula is C105H123BClF9N8NaO15S3. The predicted molar refractivity (Wildman–Crippen MR) is 534 cm³/mol. The van der Waals surface area contributed by atoms with E-state index in [1.165, 1.54) is 40.5 Å². The number of rotatable bonds is 31. The number of aliphatic carboxylic acids is 1. The minimum Gasteiger partial charge on any atom is -1.00 e. The summed E-state index contributed by atoms with van der Waals surface area (Å²) < 4.78 is 213. The van der Waals surface area contributed by atoms with Crippen LogP contribution in [0, 0.1) is 27.7 Å². The number of benzene rings is 7. The molecule has 3 unspecified atom stereocenters. The fraction of sp³-hybridized carbons (Fsp3) is 0.362. The first-order chi connectivity index (χ1) is 65.7. The Bertz CT molecular complexity index is 6420. The van der Waals surface area contributed by atoms with Gasteiger partial charge in [-0.25, -0.2) is 25.3 Å². The summed E-state index contributed by atoms with van der Waals surface area (Å²) in [5, 5.41) is 12.5. The van der Waals surface area contributed by atoms with E-state index in [1.807, 2.05) is 148 Å². The maximum atomic E-state index is 13.8. The zero-order valence-electron chi connectivity index (χ0n) is 84.3. The standard InChI is InChI=1S/C29H33F3N2O4S.C25H25F3N2O4S.C22H30N2O2.C14H13NO.C8H17NO2.C7H4ClF3O2S.B.Na.H/c1-20-19-33-16-15-24(20)23-11-8-10-22(18-23)21(2)34(17-9-14-27(35)38-28(3,4)5)39(36,37)26-13-7-6-12-25(26)29(30,31)32;1-17-16-29-13-12-21(17)20-8-5-7-19(15-20)18(2)30(14-6-11-24(31)32)35(33,34)23-10-4-3-9-22(23)25(26,27)28;1-16-15-23-13-11-20(16)19-9-6-8-18(14-19)17(2)24-12-7-10-21(25)26-22(3,4)5;1-10-9-15-7-6-14(10)13-5-3-4-12(8-13)11(2)16;1-8(2,3)11-7(10)5-4-6-9;8-14(12,13)6-4-2-1-3-5(6)7(9,10)11;;;/h6-8,10-13,15-16,18-19,21H,9,14,17H2,1-5H3;3-5,7-10,12-13,15-16,18H,6,11,14H2,1-2H3,(H,31,32);6,8-9,11,13-15,17,24H,7,10,12H2,1-5H3;3-9H,1-2H3;4-6,9H2,1-3H3;1-4H;;;/q;;;;;;;+1;-1. The number of alkyl halides is 9. The largest absolute Gasteiger partial charge is 1.00 e. The van der Waals surface area contributed by atoms with Crippen LogP contribution >= 0.6 is 10.7 Å². The van der Waals surface area contributed by atoms with Crippen LogP contribution in [0.2, 0.25) is 0 Å². The molecule has 3 radical (unpaired) electrons. The fourth-order valence-electron chi connectivity index (χ4n) is 14.3. The number of carboxylic acid groups (broad SMARTS) is 1. The van der Waals surface area contributed by atoms with Crippen molar-refractivity contribution < 1.29 is 139 Å². The maximum absolute atomic E-state index is 13.8. The van der Waals surface area contributed by atoms with E-state index in [2.05, 4.69) is 63.4 Å². The smallest absolute Gasteiger partial charge is 1.00 e. The number of nitrogens with two attached hydrogens (primary N) is 1. The van der Waals surface area contributed by atoms with Crippen molar-refractivity contribution in [3.8, 4) is 44.5 Å². The number of carbonyl (C=O) groups is 5. The first-order valence-corrected chi connectivity index (χ1v) is 50.2. The number of nitrogens with one attached hydrogen (secondary N) is 1. The summed E-state index contributed by atoms with van der Waals surface area (Å²) in [6, 6.07) is 48.6. The molecule has 0 aliphatic rings. The molecule has 4 N–H and O–H groups in total. The van der Waals surface area contributed by atoms with Crippen molar-refractivity contribution >= 4 is 77.9 Å². The first kappa shape index (κ1) is 124. The number of hydrogen-bond donors (Lipinski definition) is 3. The average Bonchev–Trinajstić information content (AvgIpc) is 0.764. The topological polar surface area (TPSA) is 332 Å². The molecular weight excluding hydrogens is 1950 g/mol. The van der Waals surface area contributed by atoms with Gasteiger partial charge in [0.15, 0.2) is 5.78 Å². The van der Waals surface area contributed by atoms with Crippen LogP contribution in [0.3, 0.4) is 0 Å². The van der Waals surface area contributed by atoms with Gasteiger partial charge in [0.05, 0.1) is 31.4 Å². The second-order valence-electron chi connectivity index (χ2n) is 35.8. The number of Topliss-reactive ketones (excluding diaryl/α,β-unsaturated/α-hetero) is 1. The summed E-state index contributed by atoms with van der Waals surface area (Å²) in [5.41, 5.74) is 15.2. The van der Waals surface area contributed by atoms with Gasteiger partial charge in [-0.05, 0) is 325 Å². The molecule has 3 atom stereocenters. The number of aryl methyl sites for hydroxylation is 4.